The van der Waals surface area contributed by atoms with E-state index >= 15 is 0 Å². The molecule has 0 aliphatic carbocycles. The van der Waals surface area contributed by atoms with E-state index in [1.807, 2.05) is 146 Å². The van der Waals surface area contributed by atoms with Crippen molar-refractivity contribution >= 4 is 29.7 Å². The van der Waals surface area contributed by atoms with Gasteiger partial charge >= 0.3 is 5.97 Å². The maximum Gasteiger partial charge on any atom is 0.302 e. The highest BCUT2D eigenvalue weighted by Crippen LogP contribution is 2.11. The molecule has 0 saturated heterocycles. The molecule has 0 spiro atoms. The Balaban J connectivity index is 0.000000225. The zero-order valence-electron chi connectivity index (χ0n) is 35.2. The summed E-state index contributed by atoms with van der Waals surface area (Å²) >= 11 is 0. The predicted molar refractivity (Wildman–Crippen MR) is 248 cm³/mol. The summed E-state index contributed by atoms with van der Waals surface area (Å²) in [7, 11) is 0. The van der Waals surface area contributed by atoms with Crippen molar-refractivity contribution in [1.29, 1.82) is 0 Å². The number of ether oxygens (including phenoxy) is 1. The number of ketones is 2. The van der Waals surface area contributed by atoms with Gasteiger partial charge in [-0.05, 0) is 91.0 Å². The fourth-order valence-corrected chi connectivity index (χ4v) is 5.83. The minimum absolute atomic E-state index is 0.0114. The van der Waals surface area contributed by atoms with Gasteiger partial charge in [0.1, 0.15) is 5.78 Å². The van der Waals surface area contributed by atoms with Crippen molar-refractivity contribution in [2.45, 2.75) is 71.3 Å². The van der Waals surface area contributed by atoms with E-state index in [1.54, 1.807) is 19.1 Å². The number of Topliss-reactive ketones (excluding diaryl/α,β-unsaturated/α-hetero) is 1. The molecule has 0 bridgehead atoms. The third kappa shape index (κ3) is 23.7. The molecule has 0 unspecified atom stereocenters. The Morgan fingerprint density at radius 1 is 0.483 bits per heavy atom. The zero-order chi connectivity index (χ0) is 42.9. The summed E-state index contributed by atoms with van der Waals surface area (Å²) in [5.74, 6) is 0.128. The summed E-state index contributed by atoms with van der Waals surface area (Å²) in [6.07, 6.45) is 13.2. The van der Waals surface area contributed by atoms with Gasteiger partial charge in [0.2, 0.25) is 0 Å². The monoisotopic (exact) mass is 800 g/mol. The highest BCUT2D eigenvalue weighted by molar-refractivity contribution is 6.04. The number of hydrogen-bond acceptors (Lipinski definition) is 5. The molecular weight excluding hydrogens is 741 g/mol. The highest BCUT2D eigenvalue weighted by atomic mass is 16.5. The number of hydrogen-bond donors (Lipinski definition) is 1. The third-order valence-electron chi connectivity index (χ3n) is 9.12. The van der Waals surface area contributed by atoms with Crippen LogP contribution < -0.4 is 0 Å². The Hall–Kier alpha value is -6.43. The van der Waals surface area contributed by atoms with Gasteiger partial charge < -0.3 is 9.84 Å². The van der Waals surface area contributed by atoms with Crippen molar-refractivity contribution in [2.75, 3.05) is 6.61 Å². The van der Waals surface area contributed by atoms with Gasteiger partial charge in [-0.3, -0.25) is 14.4 Å². The van der Waals surface area contributed by atoms with Gasteiger partial charge in [0, 0.05) is 19.8 Å². The minimum Gasteiger partial charge on any atom is -0.466 e. The molecule has 0 amide bonds. The van der Waals surface area contributed by atoms with Gasteiger partial charge in [-0.25, -0.2) is 0 Å². The molecule has 5 nitrogen and oxygen atoms in total. The van der Waals surface area contributed by atoms with Crippen LogP contribution in [0.25, 0.3) is 12.2 Å². The van der Waals surface area contributed by atoms with Crippen molar-refractivity contribution in [3.63, 3.8) is 0 Å². The molecule has 310 valence electrons. The number of carbonyl (C=O) groups is 3. The number of rotatable bonds is 17. The van der Waals surface area contributed by atoms with Crippen LogP contribution in [0.1, 0.15) is 72.9 Å². The summed E-state index contributed by atoms with van der Waals surface area (Å²) < 4.78 is 4.40. The normalized spacial score (nSPS) is 10.4. The molecule has 0 saturated carbocycles. The lowest BCUT2D eigenvalue weighted by molar-refractivity contribution is -0.140. The SMILES string of the molecule is CCOC(C)=O.O=C(/C=C/c1ccccc1)/C=C/c1ccccc1.O=C(CCc1ccccc1)CCc1ccccc1.OC(CCc1ccccc1)CCc1ccccc1. The lowest BCUT2D eigenvalue weighted by Crippen LogP contribution is -2.09. The molecule has 0 aromatic heterocycles. The summed E-state index contributed by atoms with van der Waals surface area (Å²) in [5, 5.41) is 9.97. The molecule has 0 aliphatic heterocycles. The van der Waals surface area contributed by atoms with Crippen LogP contribution in [-0.4, -0.2) is 35.4 Å². The van der Waals surface area contributed by atoms with Gasteiger partial charge in [-0.2, -0.15) is 0 Å². The fraction of sp³-hybridized carbons (Fsp3) is 0.218. The van der Waals surface area contributed by atoms with Crippen LogP contribution in [0, 0.1) is 0 Å². The maximum atomic E-state index is 11.8. The first kappa shape index (κ1) is 47.9. The summed E-state index contributed by atoms with van der Waals surface area (Å²) in [5.41, 5.74) is 7.14. The van der Waals surface area contributed by atoms with E-state index in [0.717, 1.165) is 49.7 Å². The second-order valence-electron chi connectivity index (χ2n) is 14.0. The van der Waals surface area contributed by atoms with Crippen LogP contribution in [0.5, 0.6) is 0 Å². The van der Waals surface area contributed by atoms with Gasteiger partial charge in [0.25, 0.3) is 0 Å². The standard InChI is InChI=1S/C17H20O.C17H18O.C17H14O.C4H8O2/c3*18-17(13-11-15-7-3-1-4-8-15)14-12-16-9-5-2-6-10-16;1-3-6-4(2)5/h1-10,17-18H,11-14H2;1-10H,11-14H2;1-14H;3H2,1-2H3/b;;13-11+,14-12+;. The predicted octanol–water partition coefficient (Wildman–Crippen LogP) is 12.0. The average molecular weight is 801 g/mol. The van der Waals surface area contributed by atoms with Crippen molar-refractivity contribution in [3.8, 4) is 0 Å². The zero-order valence-corrected chi connectivity index (χ0v) is 35.2. The fourth-order valence-electron chi connectivity index (χ4n) is 5.83. The quantitative estimate of drug-likeness (QED) is 0.0734. The number of benzene rings is 6. The average Bonchev–Trinajstić information content (AvgIpc) is 3.30. The van der Waals surface area contributed by atoms with Crippen LogP contribution in [0.15, 0.2) is 194 Å². The van der Waals surface area contributed by atoms with Gasteiger partial charge in [-0.15, -0.1) is 0 Å². The lowest BCUT2D eigenvalue weighted by Gasteiger charge is -2.10. The van der Waals surface area contributed by atoms with Crippen molar-refractivity contribution < 1.29 is 24.2 Å². The first-order valence-corrected chi connectivity index (χ1v) is 20.8. The first-order chi connectivity index (χ1) is 29.3. The van der Waals surface area contributed by atoms with Crippen LogP contribution in [0.4, 0.5) is 0 Å². The van der Waals surface area contributed by atoms with E-state index in [0.29, 0.717) is 25.2 Å². The van der Waals surface area contributed by atoms with E-state index in [1.165, 1.54) is 29.2 Å². The molecule has 6 aromatic rings. The first-order valence-electron chi connectivity index (χ1n) is 20.8. The summed E-state index contributed by atoms with van der Waals surface area (Å²) in [6, 6.07) is 60.6. The Kier molecular flexibility index (Phi) is 24.5. The van der Waals surface area contributed by atoms with Crippen LogP contribution in [0.2, 0.25) is 0 Å². The van der Waals surface area contributed by atoms with Crippen LogP contribution in [-0.2, 0) is 44.8 Å². The van der Waals surface area contributed by atoms with E-state index in [-0.39, 0.29) is 17.9 Å². The molecule has 0 atom stereocenters. The van der Waals surface area contributed by atoms with E-state index in [4.69, 9.17) is 0 Å². The van der Waals surface area contributed by atoms with Crippen molar-refractivity contribution in [2.24, 2.45) is 0 Å². The number of esters is 1. The summed E-state index contributed by atoms with van der Waals surface area (Å²) in [6.45, 7) is 3.65. The smallest absolute Gasteiger partial charge is 0.302 e. The molecule has 5 heteroatoms. The molecule has 0 radical (unpaired) electrons. The largest absolute Gasteiger partial charge is 0.466 e. The number of aliphatic hydroxyl groups is 1. The Bertz CT molecular complexity index is 1920. The van der Waals surface area contributed by atoms with Gasteiger partial charge in [0.05, 0.1) is 12.7 Å². The molecule has 0 fully saturated rings. The van der Waals surface area contributed by atoms with Crippen LogP contribution >= 0.6 is 0 Å². The Morgan fingerprint density at radius 3 is 1.07 bits per heavy atom. The third-order valence-corrected chi connectivity index (χ3v) is 9.12. The van der Waals surface area contributed by atoms with Crippen molar-refractivity contribution in [3.05, 3.63) is 228 Å². The second kappa shape index (κ2) is 30.6. The molecule has 60 heavy (non-hydrogen) atoms. The number of aryl methyl sites for hydroxylation is 4. The lowest BCUT2D eigenvalue weighted by atomic mass is 10.0. The summed E-state index contributed by atoms with van der Waals surface area (Å²) in [4.78, 5) is 33.2. The molecule has 0 aliphatic rings. The number of allylic oxidation sites excluding steroid dienone is 2. The molecule has 1 N–H and O–H groups in total. The van der Waals surface area contributed by atoms with Gasteiger partial charge in [0.15, 0.2) is 5.78 Å². The Morgan fingerprint density at radius 2 is 0.783 bits per heavy atom. The number of carbonyl (C=O) groups excluding carboxylic acids is 3. The molecule has 6 aromatic carbocycles. The minimum atomic E-state index is -0.211. The van der Waals surface area contributed by atoms with E-state index < -0.39 is 0 Å². The number of aliphatic hydroxyl groups excluding tert-OH is 1. The molecule has 0 heterocycles. The van der Waals surface area contributed by atoms with E-state index in [2.05, 4.69) is 53.3 Å². The maximum absolute atomic E-state index is 11.8. The second-order valence-corrected chi connectivity index (χ2v) is 14.0. The topological polar surface area (TPSA) is 80.7 Å². The molecular formula is C55H60O5. The van der Waals surface area contributed by atoms with Crippen LogP contribution in [0.3, 0.4) is 0 Å². The highest BCUT2D eigenvalue weighted by Gasteiger charge is 2.05. The van der Waals surface area contributed by atoms with E-state index in [9.17, 15) is 19.5 Å². The van der Waals surface area contributed by atoms with Crippen molar-refractivity contribution in [1.82, 2.24) is 0 Å². The van der Waals surface area contributed by atoms with Gasteiger partial charge in [-0.1, -0.05) is 194 Å². The molecule has 6 rings (SSSR count). The Labute approximate surface area is 358 Å².